The number of rotatable bonds is 1. The molecule has 0 aromatic carbocycles. The van der Waals surface area contributed by atoms with Gasteiger partial charge in [-0.15, -0.1) is 0 Å². The van der Waals surface area contributed by atoms with E-state index in [1.54, 1.807) is 0 Å². The van der Waals surface area contributed by atoms with Crippen LogP contribution in [0.4, 0.5) is 0 Å². The lowest BCUT2D eigenvalue weighted by molar-refractivity contribution is 0.177. The summed E-state index contributed by atoms with van der Waals surface area (Å²) >= 11 is 0. The minimum Gasteiger partial charge on any atom is -0.381 e. The Bertz CT molecular complexity index is 155. The summed E-state index contributed by atoms with van der Waals surface area (Å²) in [6.45, 7) is 2.01. The van der Waals surface area contributed by atoms with Gasteiger partial charge < -0.3 is 10.1 Å². The van der Waals surface area contributed by atoms with Gasteiger partial charge in [0.2, 0.25) is 0 Å². The van der Waals surface area contributed by atoms with Crippen molar-refractivity contribution in [1.29, 1.82) is 0 Å². The van der Waals surface area contributed by atoms with Crippen LogP contribution in [0.1, 0.15) is 19.3 Å². The lowest BCUT2D eigenvalue weighted by Gasteiger charge is -2.18. The highest BCUT2D eigenvalue weighted by Crippen LogP contribution is 2.43. The number of hydrogen-bond donors (Lipinski definition) is 1. The third kappa shape index (κ3) is 1.00. The van der Waals surface area contributed by atoms with Gasteiger partial charge >= 0.3 is 0 Å². The van der Waals surface area contributed by atoms with Gasteiger partial charge in [-0.25, -0.2) is 0 Å². The van der Waals surface area contributed by atoms with Crippen molar-refractivity contribution in [2.24, 2.45) is 11.8 Å². The van der Waals surface area contributed by atoms with E-state index in [4.69, 9.17) is 4.74 Å². The van der Waals surface area contributed by atoms with E-state index in [0.717, 1.165) is 37.1 Å². The zero-order valence-corrected chi connectivity index (χ0v) is 6.75. The van der Waals surface area contributed by atoms with E-state index in [1.807, 2.05) is 0 Å². The van der Waals surface area contributed by atoms with Crippen LogP contribution < -0.4 is 5.32 Å². The molecule has 0 aromatic heterocycles. The topological polar surface area (TPSA) is 21.3 Å². The predicted octanol–water partition coefficient (Wildman–Crippen LogP) is 0.773. The Morgan fingerprint density at radius 1 is 1.09 bits per heavy atom. The smallest absolute Gasteiger partial charge is 0.0510 e. The summed E-state index contributed by atoms with van der Waals surface area (Å²) in [5.74, 6) is 1.88. The summed E-state index contributed by atoms with van der Waals surface area (Å²) in [5.41, 5.74) is 0. The van der Waals surface area contributed by atoms with Crippen molar-refractivity contribution in [2.45, 2.75) is 31.3 Å². The number of hydrogen-bond acceptors (Lipinski definition) is 2. The molecule has 4 unspecified atom stereocenters. The fourth-order valence-electron chi connectivity index (χ4n) is 2.58. The number of ether oxygens (including phenoxy) is 1. The van der Waals surface area contributed by atoms with Crippen molar-refractivity contribution in [3.63, 3.8) is 0 Å². The van der Waals surface area contributed by atoms with Gasteiger partial charge in [0, 0.05) is 18.7 Å². The molecular formula is C9H15NO. The van der Waals surface area contributed by atoms with Gasteiger partial charge in [-0.3, -0.25) is 0 Å². The largest absolute Gasteiger partial charge is 0.381 e. The van der Waals surface area contributed by atoms with Crippen LogP contribution in [0.15, 0.2) is 0 Å². The Morgan fingerprint density at radius 2 is 1.91 bits per heavy atom. The van der Waals surface area contributed by atoms with Crippen LogP contribution in [-0.4, -0.2) is 25.3 Å². The third-order valence-corrected chi connectivity index (χ3v) is 3.44. The second-order valence-electron chi connectivity index (χ2n) is 4.23. The summed E-state index contributed by atoms with van der Waals surface area (Å²) in [5, 5.41) is 3.69. The SMILES string of the molecule is C1CC(C2CC3CC3N2)CO1. The van der Waals surface area contributed by atoms with Crippen molar-refractivity contribution in [2.75, 3.05) is 13.2 Å². The highest BCUT2D eigenvalue weighted by molar-refractivity contribution is 5.05. The zero-order valence-electron chi connectivity index (χ0n) is 6.75. The Balaban J connectivity index is 1.62. The minimum atomic E-state index is 0.807. The molecule has 11 heavy (non-hydrogen) atoms. The molecule has 2 heteroatoms. The normalized spacial score (nSPS) is 54.5. The Labute approximate surface area is 67.3 Å². The van der Waals surface area contributed by atoms with Gasteiger partial charge in [-0.1, -0.05) is 0 Å². The molecule has 2 heterocycles. The molecule has 0 amide bonds. The molecule has 3 aliphatic rings. The van der Waals surface area contributed by atoms with E-state index in [-0.39, 0.29) is 0 Å². The summed E-state index contributed by atoms with van der Waals surface area (Å²) in [6, 6.07) is 1.71. The molecule has 0 bridgehead atoms. The number of fused-ring (bicyclic) bond motifs is 1. The quantitative estimate of drug-likeness (QED) is 0.601. The molecule has 0 spiro atoms. The lowest BCUT2D eigenvalue weighted by Crippen LogP contribution is -2.33. The Morgan fingerprint density at radius 3 is 2.55 bits per heavy atom. The van der Waals surface area contributed by atoms with E-state index in [2.05, 4.69) is 5.32 Å². The van der Waals surface area contributed by atoms with Crippen LogP contribution in [0.25, 0.3) is 0 Å². The maximum absolute atomic E-state index is 5.38. The first kappa shape index (κ1) is 6.44. The first-order chi connectivity index (χ1) is 5.43. The zero-order chi connectivity index (χ0) is 7.26. The van der Waals surface area contributed by atoms with Gasteiger partial charge in [0.05, 0.1) is 6.61 Å². The van der Waals surface area contributed by atoms with Crippen LogP contribution in [0.2, 0.25) is 0 Å². The maximum Gasteiger partial charge on any atom is 0.0510 e. The average molecular weight is 153 g/mol. The molecule has 2 saturated heterocycles. The van der Waals surface area contributed by atoms with Gasteiger partial charge in [0.15, 0.2) is 0 Å². The molecular weight excluding hydrogens is 138 g/mol. The van der Waals surface area contributed by atoms with Crippen LogP contribution in [-0.2, 0) is 4.74 Å². The second kappa shape index (κ2) is 2.20. The van der Waals surface area contributed by atoms with Gasteiger partial charge in [-0.05, 0) is 31.1 Å². The van der Waals surface area contributed by atoms with E-state index < -0.39 is 0 Å². The van der Waals surface area contributed by atoms with Gasteiger partial charge in [-0.2, -0.15) is 0 Å². The summed E-state index contributed by atoms with van der Waals surface area (Å²) in [6.07, 6.45) is 4.17. The highest BCUT2D eigenvalue weighted by Gasteiger charge is 2.47. The Hall–Kier alpha value is -0.0800. The number of piperidine rings is 1. The van der Waals surface area contributed by atoms with Crippen molar-refractivity contribution >= 4 is 0 Å². The second-order valence-corrected chi connectivity index (χ2v) is 4.23. The molecule has 1 N–H and O–H groups in total. The number of nitrogens with one attached hydrogen (secondary N) is 1. The molecule has 2 nitrogen and oxygen atoms in total. The minimum absolute atomic E-state index is 0.807. The third-order valence-electron chi connectivity index (χ3n) is 3.44. The first-order valence-corrected chi connectivity index (χ1v) is 4.77. The molecule has 62 valence electrons. The maximum atomic E-state index is 5.38. The van der Waals surface area contributed by atoms with Crippen molar-refractivity contribution in [1.82, 2.24) is 5.32 Å². The summed E-state index contributed by atoms with van der Waals surface area (Å²) in [7, 11) is 0. The van der Waals surface area contributed by atoms with Crippen LogP contribution in [0, 0.1) is 11.8 Å². The molecule has 1 aliphatic carbocycles. The summed E-state index contributed by atoms with van der Waals surface area (Å²) in [4.78, 5) is 0. The first-order valence-electron chi connectivity index (χ1n) is 4.77. The average Bonchev–Trinajstić information content (AvgIpc) is 2.60. The molecule has 0 aromatic rings. The van der Waals surface area contributed by atoms with Crippen LogP contribution >= 0.6 is 0 Å². The van der Waals surface area contributed by atoms with E-state index >= 15 is 0 Å². The van der Waals surface area contributed by atoms with E-state index in [1.165, 1.54) is 19.3 Å². The lowest BCUT2D eigenvalue weighted by atomic mass is 9.96. The Kier molecular flexibility index (Phi) is 1.29. The monoisotopic (exact) mass is 153 g/mol. The standard InChI is InChI=1S/C9H15NO/c1-2-11-5-6(1)8-3-7-4-9(7)10-8/h6-10H,1-5H2. The molecule has 3 rings (SSSR count). The van der Waals surface area contributed by atoms with Crippen molar-refractivity contribution in [3.05, 3.63) is 0 Å². The van der Waals surface area contributed by atoms with E-state index in [9.17, 15) is 0 Å². The fourth-order valence-corrected chi connectivity index (χ4v) is 2.58. The molecule has 4 atom stereocenters. The predicted molar refractivity (Wildman–Crippen MR) is 42.4 cm³/mol. The van der Waals surface area contributed by atoms with E-state index in [0.29, 0.717) is 0 Å². The fraction of sp³-hybridized carbons (Fsp3) is 1.00. The summed E-state index contributed by atoms with van der Waals surface area (Å²) < 4.78 is 5.38. The van der Waals surface area contributed by atoms with Crippen molar-refractivity contribution < 1.29 is 4.74 Å². The molecule has 0 radical (unpaired) electrons. The van der Waals surface area contributed by atoms with Crippen LogP contribution in [0.3, 0.4) is 0 Å². The molecule has 3 fully saturated rings. The highest BCUT2D eigenvalue weighted by atomic mass is 16.5. The molecule has 1 saturated carbocycles. The van der Waals surface area contributed by atoms with Gasteiger partial charge in [0.25, 0.3) is 0 Å². The van der Waals surface area contributed by atoms with Crippen LogP contribution in [0.5, 0.6) is 0 Å². The molecule has 2 aliphatic heterocycles. The van der Waals surface area contributed by atoms with Gasteiger partial charge in [0.1, 0.15) is 0 Å². The van der Waals surface area contributed by atoms with Crippen molar-refractivity contribution in [3.8, 4) is 0 Å².